The zero-order valence-corrected chi connectivity index (χ0v) is 27.0. The summed E-state index contributed by atoms with van der Waals surface area (Å²) in [5, 5.41) is 7.52. The van der Waals surface area contributed by atoms with Crippen LogP contribution in [0.15, 0.2) is 200 Å². The third-order valence-corrected chi connectivity index (χ3v) is 9.62. The predicted octanol–water partition coefficient (Wildman–Crippen LogP) is 13.6. The molecule has 0 saturated carbocycles. The summed E-state index contributed by atoms with van der Waals surface area (Å²) >= 11 is 0. The van der Waals surface area contributed by atoms with Crippen LogP contribution < -0.4 is 4.90 Å². The highest BCUT2D eigenvalue weighted by molar-refractivity contribution is 6.14. The molecular formula is C48H33N. The Bertz CT molecular complexity index is 2620. The number of hydrogen-bond acceptors (Lipinski definition) is 1. The van der Waals surface area contributed by atoms with E-state index in [4.69, 9.17) is 0 Å². The van der Waals surface area contributed by atoms with Gasteiger partial charge in [0.1, 0.15) is 0 Å². The van der Waals surface area contributed by atoms with E-state index in [-0.39, 0.29) is 0 Å². The number of hydrogen-bond donors (Lipinski definition) is 0. The van der Waals surface area contributed by atoms with Gasteiger partial charge < -0.3 is 4.90 Å². The van der Waals surface area contributed by atoms with Crippen LogP contribution in [-0.2, 0) is 0 Å². The van der Waals surface area contributed by atoms with Crippen molar-refractivity contribution in [1.29, 1.82) is 0 Å². The lowest BCUT2D eigenvalue weighted by Gasteiger charge is -2.30. The zero-order valence-electron chi connectivity index (χ0n) is 27.0. The fourth-order valence-electron chi connectivity index (χ4n) is 7.31. The van der Waals surface area contributed by atoms with E-state index >= 15 is 0 Å². The van der Waals surface area contributed by atoms with Gasteiger partial charge in [0.25, 0.3) is 0 Å². The van der Waals surface area contributed by atoms with E-state index in [9.17, 15) is 0 Å². The molecule has 0 fully saturated rings. The van der Waals surface area contributed by atoms with Crippen molar-refractivity contribution in [1.82, 2.24) is 0 Å². The maximum atomic E-state index is 2.44. The second-order valence-corrected chi connectivity index (χ2v) is 12.5. The van der Waals surface area contributed by atoms with Crippen LogP contribution >= 0.6 is 0 Å². The van der Waals surface area contributed by atoms with Crippen molar-refractivity contribution in [3.05, 3.63) is 200 Å². The lowest BCUT2D eigenvalue weighted by molar-refractivity contribution is 1.28. The lowest BCUT2D eigenvalue weighted by Crippen LogP contribution is -2.12. The maximum absolute atomic E-state index is 2.44. The molecular weight excluding hydrogens is 591 g/mol. The standard InChI is InChI=1S/C48H33N/c1-2-16-35(17-3-1)42-23-10-12-27-47(42)49(48-28-13-11-24-43(48)39-30-29-34-15-4-5-18-36(34)31-39)40-21-14-20-37(32-40)46-33-38-19-6-7-22-41(38)44-25-8-9-26-45(44)46/h1-33H. The van der Waals surface area contributed by atoms with E-state index in [1.54, 1.807) is 0 Å². The molecule has 230 valence electrons. The molecule has 0 aliphatic heterocycles. The van der Waals surface area contributed by atoms with Gasteiger partial charge in [0.05, 0.1) is 11.4 Å². The van der Waals surface area contributed by atoms with E-state index in [2.05, 4.69) is 205 Å². The van der Waals surface area contributed by atoms with Crippen molar-refractivity contribution in [3.63, 3.8) is 0 Å². The Balaban J connectivity index is 1.29. The molecule has 0 spiro atoms. The quantitative estimate of drug-likeness (QED) is 0.167. The first-order valence-corrected chi connectivity index (χ1v) is 16.9. The fraction of sp³-hybridized carbons (Fsp3) is 0. The molecule has 0 aliphatic carbocycles. The third kappa shape index (κ3) is 5.23. The molecule has 49 heavy (non-hydrogen) atoms. The first-order chi connectivity index (χ1) is 24.3. The summed E-state index contributed by atoms with van der Waals surface area (Å²) in [6.45, 7) is 0. The van der Waals surface area contributed by atoms with Crippen LogP contribution in [0, 0.1) is 0 Å². The van der Waals surface area contributed by atoms with Gasteiger partial charge >= 0.3 is 0 Å². The van der Waals surface area contributed by atoms with Gasteiger partial charge in [-0.05, 0) is 91.0 Å². The van der Waals surface area contributed by atoms with Crippen molar-refractivity contribution in [2.24, 2.45) is 0 Å². The van der Waals surface area contributed by atoms with Gasteiger partial charge in [-0.3, -0.25) is 0 Å². The van der Waals surface area contributed by atoms with Crippen molar-refractivity contribution >= 4 is 49.4 Å². The Labute approximate surface area is 287 Å². The molecule has 0 amide bonds. The van der Waals surface area contributed by atoms with E-state index in [0.717, 1.165) is 17.1 Å². The minimum atomic E-state index is 1.10. The molecule has 9 aromatic carbocycles. The van der Waals surface area contributed by atoms with E-state index in [1.807, 2.05) is 0 Å². The lowest BCUT2D eigenvalue weighted by atomic mass is 9.92. The number of benzene rings is 9. The minimum Gasteiger partial charge on any atom is -0.309 e. The Morgan fingerprint density at radius 3 is 1.59 bits per heavy atom. The van der Waals surface area contributed by atoms with Gasteiger partial charge in [0.2, 0.25) is 0 Å². The summed E-state index contributed by atoms with van der Waals surface area (Å²) in [5.41, 5.74) is 10.5. The Hall–Kier alpha value is -6.44. The van der Waals surface area contributed by atoms with Gasteiger partial charge in [-0.2, -0.15) is 0 Å². The highest BCUT2D eigenvalue weighted by Crippen LogP contribution is 2.46. The van der Waals surface area contributed by atoms with Crippen LogP contribution in [0.2, 0.25) is 0 Å². The Morgan fingerprint density at radius 2 is 0.816 bits per heavy atom. The summed E-state index contributed by atoms with van der Waals surface area (Å²) in [4.78, 5) is 2.44. The summed E-state index contributed by atoms with van der Waals surface area (Å²) in [5.74, 6) is 0. The van der Waals surface area contributed by atoms with Crippen LogP contribution in [-0.4, -0.2) is 0 Å². The highest BCUT2D eigenvalue weighted by atomic mass is 15.1. The fourth-order valence-corrected chi connectivity index (χ4v) is 7.31. The van der Waals surface area contributed by atoms with E-state index in [0.29, 0.717) is 0 Å². The monoisotopic (exact) mass is 623 g/mol. The number of nitrogens with zero attached hydrogens (tertiary/aromatic N) is 1. The van der Waals surface area contributed by atoms with Crippen LogP contribution in [0.4, 0.5) is 17.1 Å². The largest absolute Gasteiger partial charge is 0.309 e. The van der Waals surface area contributed by atoms with Gasteiger partial charge in [-0.25, -0.2) is 0 Å². The molecule has 9 rings (SSSR count). The average molecular weight is 624 g/mol. The normalized spacial score (nSPS) is 11.3. The molecule has 0 unspecified atom stereocenters. The summed E-state index contributed by atoms with van der Waals surface area (Å²) in [7, 11) is 0. The molecule has 0 aromatic heterocycles. The molecule has 0 heterocycles. The second kappa shape index (κ2) is 12.3. The second-order valence-electron chi connectivity index (χ2n) is 12.5. The summed E-state index contributed by atoms with van der Waals surface area (Å²) < 4.78 is 0. The Morgan fingerprint density at radius 1 is 0.265 bits per heavy atom. The number of anilines is 3. The summed E-state index contributed by atoms with van der Waals surface area (Å²) in [6, 6.07) is 72.5. The smallest absolute Gasteiger partial charge is 0.0540 e. The van der Waals surface area contributed by atoms with Gasteiger partial charge in [0.15, 0.2) is 0 Å². The molecule has 1 heteroatoms. The number of fused-ring (bicyclic) bond motifs is 4. The zero-order chi connectivity index (χ0) is 32.6. The average Bonchev–Trinajstić information content (AvgIpc) is 3.18. The van der Waals surface area contributed by atoms with Crippen LogP contribution in [0.3, 0.4) is 0 Å². The van der Waals surface area contributed by atoms with E-state index < -0.39 is 0 Å². The Kier molecular flexibility index (Phi) is 7.22. The van der Waals surface area contributed by atoms with Crippen molar-refractivity contribution in [3.8, 4) is 33.4 Å². The van der Waals surface area contributed by atoms with Crippen LogP contribution in [0.5, 0.6) is 0 Å². The molecule has 9 aromatic rings. The SMILES string of the molecule is c1ccc(-c2ccccc2N(c2cccc(-c3cc4ccccc4c4ccccc34)c2)c2ccccc2-c2ccc3ccccc3c2)cc1. The van der Waals surface area contributed by atoms with Crippen LogP contribution in [0.1, 0.15) is 0 Å². The third-order valence-electron chi connectivity index (χ3n) is 9.62. The molecule has 0 bridgehead atoms. The van der Waals surface area contributed by atoms with Crippen molar-refractivity contribution in [2.75, 3.05) is 4.90 Å². The highest BCUT2D eigenvalue weighted by Gasteiger charge is 2.21. The number of rotatable bonds is 6. The minimum absolute atomic E-state index is 1.10. The van der Waals surface area contributed by atoms with E-state index in [1.165, 1.54) is 65.7 Å². The molecule has 1 nitrogen and oxygen atoms in total. The molecule has 0 saturated heterocycles. The topological polar surface area (TPSA) is 3.24 Å². The molecule has 0 radical (unpaired) electrons. The van der Waals surface area contributed by atoms with Gasteiger partial charge in [0, 0.05) is 16.8 Å². The van der Waals surface area contributed by atoms with Crippen molar-refractivity contribution in [2.45, 2.75) is 0 Å². The van der Waals surface area contributed by atoms with Gasteiger partial charge in [-0.15, -0.1) is 0 Å². The maximum Gasteiger partial charge on any atom is 0.0540 e. The van der Waals surface area contributed by atoms with Gasteiger partial charge in [-0.1, -0.05) is 164 Å². The predicted molar refractivity (Wildman–Crippen MR) is 210 cm³/mol. The van der Waals surface area contributed by atoms with Crippen molar-refractivity contribution < 1.29 is 0 Å². The number of para-hydroxylation sites is 2. The first kappa shape index (κ1) is 28.8. The summed E-state index contributed by atoms with van der Waals surface area (Å²) in [6.07, 6.45) is 0. The molecule has 0 atom stereocenters. The van der Waals surface area contributed by atoms with Crippen LogP contribution in [0.25, 0.3) is 65.7 Å². The molecule has 0 N–H and O–H groups in total. The molecule has 0 aliphatic rings. The first-order valence-electron chi connectivity index (χ1n) is 16.9.